The Morgan fingerprint density at radius 3 is 2.94 bits per heavy atom. The van der Waals surface area contributed by atoms with E-state index in [1.54, 1.807) is 6.08 Å². The number of carbonyl (C=O) groups excluding carboxylic acids is 1. The maximum atomic E-state index is 11.5. The molecule has 0 spiro atoms. The molecule has 0 aromatic heterocycles. The van der Waals surface area contributed by atoms with Crippen LogP contribution in [0.5, 0.6) is 0 Å². The lowest BCUT2D eigenvalue weighted by Gasteiger charge is -2.08. The molecule has 1 aromatic rings. The van der Waals surface area contributed by atoms with Gasteiger partial charge in [-0.25, -0.2) is 0 Å². The fourth-order valence-corrected chi connectivity index (χ4v) is 1.59. The van der Waals surface area contributed by atoms with Gasteiger partial charge in [-0.3, -0.25) is 4.79 Å². The van der Waals surface area contributed by atoms with Gasteiger partial charge in [0.15, 0.2) is 0 Å². The Labute approximate surface area is 105 Å². The Bertz CT molecular complexity index is 387. The van der Waals surface area contributed by atoms with Crippen molar-refractivity contribution in [3.05, 3.63) is 40.4 Å². The summed E-state index contributed by atoms with van der Waals surface area (Å²) in [6.07, 6.45) is 4.31. The number of hydrogen-bond donors (Lipinski definition) is 1. The predicted molar refractivity (Wildman–Crippen MR) is 71.1 cm³/mol. The maximum Gasteiger partial charge on any atom is 0.244 e. The number of amides is 1. The molecule has 86 valence electrons. The highest BCUT2D eigenvalue weighted by Gasteiger charge is 2.00. The SMILES string of the molecule is CC[C@@H](C)NC(=O)/C=C/c1cccc(Br)c1. The molecule has 2 nitrogen and oxygen atoms in total. The Balaban J connectivity index is 2.56. The van der Waals surface area contributed by atoms with Gasteiger partial charge in [-0.05, 0) is 37.1 Å². The summed E-state index contributed by atoms with van der Waals surface area (Å²) in [7, 11) is 0. The smallest absolute Gasteiger partial charge is 0.244 e. The summed E-state index contributed by atoms with van der Waals surface area (Å²) in [5.74, 6) is -0.0469. The molecule has 0 fully saturated rings. The van der Waals surface area contributed by atoms with Crippen LogP contribution in [0.1, 0.15) is 25.8 Å². The van der Waals surface area contributed by atoms with Crippen molar-refractivity contribution >= 4 is 27.9 Å². The van der Waals surface area contributed by atoms with Gasteiger partial charge in [-0.15, -0.1) is 0 Å². The van der Waals surface area contributed by atoms with Crippen LogP contribution in [0.4, 0.5) is 0 Å². The second-order valence-corrected chi connectivity index (χ2v) is 4.62. The Morgan fingerprint density at radius 2 is 2.31 bits per heavy atom. The van der Waals surface area contributed by atoms with Gasteiger partial charge in [-0.2, -0.15) is 0 Å². The van der Waals surface area contributed by atoms with Gasteiger partial charge < -0.3 is 5.32 Å². The summed E-state index contributed by atoms with van der Waals surface area (Å²) in [6, 6.07) is 8.04. The van der Waals surface area contributed by atoms with Gasteiger partial charge >= 0.3 is 0 Å². The van der Waals surface area contributed by atoms with E-state index in [1.165, 1.54) is 0 Å². The molecule has 0 saturated heterocycles. The fraction of sp³-hybridized carbons (Fsp3) is 0.308. The van der Waals surface area contributed by atoms with Crippen molar-refractivity contribution in [2.75, 3.05) is 0 Å². The molecule has 1 atom stereocenters. The molecular formula is C13H16BrNO. The lowest BCUT2D eigenvalue weighted by atomic mass is 10.2. The molecule has 0 saturated carbocycles. The number of hydrogen-bond acceptors (Lipinski definition) is 1. The molecule has 0 aliphatic carbocycles. The molecule has 0 aliphatic heterocycles. The van der Waals surface area contributed by atoms with Crippen LogP contribution in [0.3, 0.4) is 0 Å². The normalized spacial score (nSPS) is 12.7. The van der Waals surface area contributed by atoms with Crippen molar-refractivity contribution in [3.8, 4) is 0 Å². The molecule has 16 heavy (non-hydrogen) atoms. The van der Waals surface area contributed by atoms with Gasteiger partial charge in [0, 0.05) is 16.6 Å². The van der Waals surface area contributed by atoms with Gasteiger partial charge in [0.25, 0.3) is 0 Å². The van der Waals surface area contributed by atoms with Crippen molar-refractivity contribution in [2.24, 2.45) is 0 Å². The predicted octanol–water partition coefficient (Wildman–Crippen LogP) is 3.38. The van der Waals surface area contributed by atoms with Crippen LogP contribution in [0.2, 0.25) is 0 Å². The molecule has 1 amide bonds. The zero-order valence-electron chi connectivity index (χ0n) is 9.53. The van der Waals surface area contributed by atoms with E-state index in [4.69, 9.17) is 0 Å². The van der Waals surface area contributed by atoms with Gasteiger partial charge in [0.1, 0.15) is 0 Å². The number of benzene rings is 1. The van der Waals surface area contributed by atoms with Crippen LogP contribution >= 0.6 is 15.9 Å². The zero-order chi connectivity index (χ0) is 12.0. The second-order valence-electron chi connectivity index (χ2n) is 3.71. The van der Waals surface area contributed by atoms with E-state index in [1.807, 2.05) is 44.2 Å². The van der Waals surface area contributed by atoms with E-state index in [0.717, 1.165) is 16.5 Å². The number of nitrogens with one attached hydrogen (secondary N) is 1. The minimum atomic E-state index is -0.0469. The highest BCUT2D eigenvalue weighted by Crippen LogP contribution is 2.12. The Hall–Kier alpha value is -1.09. The van der Waals surface area contributed by atoms with E-state index in [9.17, 15) is 4.79 Å². The largest absolute Gasteiger partial charge is 0.350 e. The van der Waals surface area contributed by atoms with E-state index < -0.39 is 0 Å². The first kappa shape index (κ1) is 13.0. The van der Waals surface area contributed by atoms with Crippen molar-refractivity contribution in [1.82, 2.24) is 5.32 Å². The van der Waals surface area contributed by atoms with Crippen molar-refractivity contribution in [1.29, 1.82) is 0 Å². The molecule has 0 aliphatic rings. The van der Waals surface area contributed by atoms with Crippen LogP contribution in [0.15, 0.2) is 34.8 Å². The third-order valence-electron chi connectivity index (χ3n) is 2.28. The average molecular weight is 282 g/mol. The third-order valence-corrected chi connectivity index (χ3v) is 2.77. The van der Waals surface area contributed by atoms with Crippen LogP contribution in [-0.4, -0.2) is 11.9 Å². The summed E-state index contributed by atoms with van der Waals surface area (Å²) >= 11 is 3.39. The maximum absolute atomic E-state index is 11.5. The number of rotatable bonds is 4. The highest BCUT2D eigenvalue weighted by molar-refractivity contribution is 9.10. The molecular weight excluding hydrogens is 266 g/mol. The molecule has 0 unspecified atom stereocenters. The van der Waals surface area contributed by atoms with Gasteiger partial charge in [-0.1, -0.05) is 35.0 Å². The molecule has 0 radical (unpaired) electrons. The summed E-state index contributed by atoms with van der Waals surface area (Å²) < 4.78 is 1.01. The summed E-state index contributed by atoms with van der Waals surface area (Å²) in [5, 5.41) is 2.88. The molecule has 1 rings (SSSR count). The quantitative estimate of drug-likeness (QED) is 0.843. The first-order valence-electron chi connectivity index (χ1n) is 5.36. The number of halogens is 1. The molecule has 1 N–H and O–H groups in total. The molecule has 0 heterocycles. The highest BCUT2D eigenvalue weighted by atomic mass is 79.9. The third kappa shape index (κ3) is 4.62. The first-order valence-corrected chi connectivity index (χ1v) is 6.15. The van der Waals surface area contributed by atoms with Crippen LogP contribution in [-0.2, 0) is 4.79 Å². The van der Waals surface area contributed by atoms with E-state index in [2.05, 4.69) is 21.2 Å². The van der Waals surface area contributed by atoms with Crippen LogP contribution in [0, 0.1) is 0 Å². The average Bonchev–Trinajstić information content (AvgIpc) is 2.26. The Kier molecular flexibility index (Phi) is 5.26. The monoisotopic (exact) mass is 281 g/mol. The molecule has 1 aromatic carbocycles. The van der Waals surface area contributed by atoms with Gasteiger partial charge in [0.05, 0.1) is 0 Å². The topological polar surface area (TPSA) is 29.1 Å². The summed E-state index contributed by atoms with van der Waals surface area (Å²) in [5.41, 5.74) is 1.01. The number of carbonyl (C=O) groups is 1. The van der Waals surface area contributed by atoms with Crippen molar-refractivity contribution in [2.45, 2.75) is 26.3 Å². The van der Waals surface area contributed by atoms with E-state index >= 15 is 0 Å². The minimum absolute atomic E-state index is 0.0469. The summed E-state index contributed by atoms with van der Waals surface area (Å²) in [4.78, 5) is 11.5. The molecule has 3 heteroatoms. The van der Waals surface area contributed by atoms with Crippen molar-refractivity contribution in [3.63, 3.8) is 0 Å². The lowest BCUT2D eigenvalue weighted by molar-refractivity contribution is -0.117. The fourth-order valence-electron chi connectivity index (χ4n) is 1.18. The first-order chi connectivity index (χ1) is 7.61. The minimum Gasteiger partial charge on any atom is -0.350 e. The zero-order valence-corrected chi connectivity index (χ0v) is 11.1. The van der Waals surface area contributed by atoms with E-state index in [-0.39, 0.29) is 11.9 Å². The van der Waals surface area contributed by atoms with E-state index in [0.29, 0.717) is 0 Å². The van der Waals surface area contributed by atoms with Gasteiger partial charge in [0.2, 0.25) is 5.91 Å². The lowest BCUT2D eigenvalue weighted by Crippen LogP contribution is -2.30. The van der Waals surface area contributed by atoms with Crippen molar-refractivity contribution < 1.29 is 4.79 Å². The standard InChI is InChI=1S/C13H16BrNO/c1-3-10(2)15-13(16)8-7-11-5-4-6-12(14)9-11/h4-10H,3H2,1-2H3,(H,15,16)/b8-7+/t10-/m1/s1. The Morgan fingerprint density at radius 1 is 1.56 bits per heavy atom. The second kappa shape index (κ2) is 6.48. The summed E-state index contributed by atoms with van der Waals surface area (Å²) in [6.45, 7) is 4.04. The van der Waals surface area contributed by atoms with Crippen LogP contribution in [0.25, 0.3) is 6.08 Å². The molecule has 0 bridgehead atoms. The van der Waals surface area contributed by atoms with Crippen LogP contribution < -0.4 is 5.32 Å².